The van der Waals surface area contributed by atoms with Crippen LogP contribution in [0.15, 0.2) is 58.5 Å². The molecule has 0 aromatic heterocycles. The average Bonchev–Trinajstić information content (AvgIpc) is 3.09. The summed E-state index contributed by atoms with van der Waals surface area (Å²) in [5, 5.41) is 0. The van der Waals surface area contributed by atoms with Crippen molar-refractivity contribution in [2.75, 3.05) is 40.5 Å². The predicted molar refractivity (Wildman–Crippen MR) is 170 cm³/mol. The third-order valence-electron chi connectivity index (χ3n) is 5.99. The van der Waals surface area contributed by atoms with E-state index in [1.807, 2.05) is 13.8 Å². The number of ether oxygens (including phenoxy) is 4. The van der Waals surface area contributed by atoms with E-state index in [1.165, 1.54) is 38.5 Å². The molecule has 0 aliphatic carbocycles. The molecule has 0 amide bonds. The highest BCUT2D eigenvalue weighted by atomic mass is 16.5. The quantitative estimate of drug-likeness (QED) is 0.0651. The molecule has 0 aliphatic rings. The summed E-state index contributed by atoms with van der Waals surface area (Å²) in [5.74, 6) is -2.04. The third kappa shape index (κ3) is 18.0. The van der Waals surface area contributed by atoms with E-state index in [0.717, 1.165) is 51.4 Å². The first-order valence-electron chi connectivity index (χ1n) is 15.1. The van der Waals surface area contributed by atoms with Gasteiger partial charge in [0.1, 0.15) is 0 Å². The Morgan fingerprint density at radius 1 is 0.543 bits per heavy atom. The number of unbranched alkanes of at least 4 members (excludes halogenated alkanes) is 5. The Morgan fingerprint density at radius 2 is 0.870 bits per heavy atom. The van der Waals surface area contributed by atoms with Gasteiger partial charge in [-0.2, -0.15) is 0 Å². The number of aliphatic imine (C=N–C) groups is 2. The van der Waals surface area contributed by atoms with E-state index in [4.69, 9.17) is 9.47 Å². The van der Waals surface area contributed by atoms with E-state index < -0.39 is 23.9 Å². The first-order valence-corrected chi connectivity index (χ1v) is 15.1. The molecular weight excluding hydrogens is 596 g/mol. The van der Waals surface area contributed by atoms with Crippen LogP contribution in [0.3, 0.4) is 0 Å². The first-order chi connectivity index (χ1) is 22.3. The fourth-order valence-electron chi connectivity index (χ4n) is 3.50. The van der Waals surface area contributed by atoms with Gasteiger partial charge in [-0.15, -0.1) is 0 Å². The Morgan fingerprint density at radius 3 is 1.15 bits per heavy atom. The number of hydrogen-bond acceptors (Lipinski definition) is 12. The van der Waals surface area contributed by atoms with Crippen LogP contribution in [0.2, 0.25) is 0 Å². The second-order valence-electron chi connectivity index (χ2n) is 9.41. The van der Waals surface area contributed by atoms with E-state index >= 15 is 0 Å². The molecule has 0 atom stereocenters. The summed E-state index contributed by atoms with van der Waals surface area (Å²) >= 11 is 0. The SMILES string of the molecule is CCCCOC(=O)c1ccccc1C(=O)OCCCC.COC(=O)c1ccccc1C(=O)OC.O=C=NCCCCCCN=C=O. The van der Waals surface area contributed by atoms with Gasteiger partial charge in [0.05, 0.1) is 62.8 Å². The van der Waals surface area contributed by atoms with Crippen LogP contribution in [-0.4, -0.2) is 76.6 Å². The van der Waals surface area contributed by atoms with Gasteiger partial charge in [-0.05, 0) is 49.9 Å². The van der Waals surface area contributed by atoms with Crippen LogP contribution in [0.25, 0.3) is 0 Å². The summed E-state index contributed by atoms with van der Waals surface area (Å²) < 4.78 is 19.3. The monoisotopic (exact) mass is 640 g/mol. The molecule has 0 N–H and O–H groups in total. The predicted octanol–water partition coefficient (Wildman–Crippen LogP) is 6.08. The summed E-state index contributed by atoms with van der Waals surface area (Å²) in [6, 6.07) is 12.9. The van der Waals surface area contributed by atoms with Gasteiger partial charge in [-0.3, -0.25) is 0 Å². The number of methoxy groups -OCH3 is 2. The van der Waals surface area contributed by atoms with E-state index in [1.54, 1.807) is 36.4 Å². The lowest BCUT2D eigenvalue weighted by Gasteiger charge is -2.09. The Bertz CT molecular complexity index is 1200. The fraction of sp³-hybridized carbons (Fsp3) is 0.471. The molecule has 12 heteroatoms. The molecule has 2 aromatic rings. The number of carbonyl (C=O) groups excluding carboxylic acids is 6. The van der Waals surface area contributed by atoms with Crippen molar-refractivity contribution in [3.05, 3.63) is 70.8 Å². The Labute approximate surface area is 270 Å². The van der Waals surface area contributed by atoms with Gasteiger partial charge in [-0.25, -0.2) is 38.8 Å². The molecule has 0 saturated carbocycles. The second-order valence-corrected chi connectivity index (χ2v) is 9.41. The van der Waals surface area contributed by atoms with Gasteiger partial charge >= 0.3 is 23.9 Å². The van der Waals surface area contributed by atoms with E-state index in [2.05, 4.69) is 19.5 Å². The summed E-state index contributed by atoms with van der Waals surface area (Å²) in [5.41, 5.74) is 0.957. The van der Waals surface area contributed by atoms with Crippen molar-refractivity contribution < 1.29 is 47.7 Å². The van der Waals surface area contributed by atoms with Crippen molar-refractivity contribution in [3.63, 3.8) is 0 Å². The number of isocyanates is 2. The average molecular weight is 641 g/mol. The first kappa shape index (κ1) is 41.1. The third-order valence-corrected chi connectivity index (χ3v) is 5.99. The van der Waals surface area contributed by atoms with E-state index in [0.29, 0.717) is 26.3 Å². The zero-order valence-corrected chi connectivity index (χ0v) is 27.1. The zero-order chi connectivity index (χ0) is 34.4. The molecule has 0 saturated heterocycles. The summed E-state index contributed by atoms with van der Waals surface area (Å²) in [6.07, 6.45) is 10.3. The smallest absolute Gasteiger partial charge is 0.339 e. The molecular formula is C34H44N2O10. The van der Waals surface area contributed by atoms with Gasteiger partial charge in [0.15, 0.2) is 0 Å². The highest BCUT2D eigenvalue weighted by Gasteiger charge is 2.19. The van der Waals surface area contributed by atoms with Crippen LogP contribution in [-0.2, 0) is 28.5 Å². The standard InChI is InChI=1S/C16H22O4.C10H10O4.C8H12N2O2/c1-3-5-11-19-15(17)13-9-7-8-10-14(13)16(18)20-12-6-4-2;1-13-9(11)7-5-3-4-6-8(7)10(12)14-2;11-7-9-5-3-1-2-4-6-10-8-12/h7-10H,3-6,11-12H2,1-2H3;3-6H,1-2H3;1-6H2. The van der Waals surface area contributed by atoms with Crippen LogP contribution in [0.4, 0.5) is 0 Å². The van der Waals surface area contributed by atoms with Crippen LogP contribution >= 0.6 is 0 Å². The molecule has 2 aromatic carbocycles. The minimum atomic E-state index is -0.550. The summed E-state index contributed by atoms with van der Waals surface area (Å²) in [6.45, 7) is 5.89. The number of benzene rings is 2. The molecule has 250 valence electrons. The lowest BCUT2D eigenvalue weighted by Crippen LogP contribution is -2.14. The molecule has 0 spiro atoms. The molecule has 0 fully saturated rings. The van der Waals surface area contributed by atoms with Gasteiger partial charge in [0.2, 0.25) is 12.2 Å². The van der Waals surface area contributed by atoms with Crippen molar-refractivity contribution in [2.24, 2.45) is 9.98 Å². The normalized spacial score (nSPS) is 9.39. The molecule has 0 radical (unpaired) electrons. The van der Waals surface area contributed by atoms with Crippen molar-refractivity contribution >= 4 is 36.0 Å². The number of hydrogen-bond donors (Lipinski definition) is 0. The van der Waals surface area contributed by atoms with Gasteiger partial charge in [0, 0.05) is 0 Å². The number of rotatable bonds is 17. The maximum Gasteiger partial charge on any atom is 0.339 e. The van der Waals surface area contributed by atoms with Crippen LogP contribution in [0, 0.1) is 0 Å². The molecule has 0 aliphatic heterocycles. The number of esters is 4. The van der Waals surface area contributed by atoms with E-state index in [9.17, 15) is 28.8 Å². The van der Waals surface area contributed by atoms with E-state index in [-0.39, 0.29) is 22.3 Å². The Balaban J connectivity index is 0.000000689. The lowest BCUT2D eigenvalue weighted by molar-refractivity contribution is 0.0452. The van der Waals surface area contributed by atoms with Crippen molar-refractivity contribution in [1.82, 2.24) is 0 Å². The van der Waals surface area contributed by atoms with Crippen LogP contribution < -0.4 is 0 Å². The minimum absolute atomic E-state index is 0.210. The van der Waals surface area contributed by atoms with Crippen LogP contribution in [0.5, 0.6) is 0 Å². The molecule has 0 heterocycles. The zero-order valence-electron chi connectivity index (χ0n) is 27.1. The van der Waals surface area contributed by atoms with Gasteiger partial charge in [-0.1, -0.05) is 63.8 Å². The summed E-state index contributed by atoms with van der Waals surface area (Å²) in [7, 11) is 2.52. The Hall–Kier alpha value is -4.92. The van der Waals surface area contributed by atoms with Crippen LogP contribution in [0.1, 0.15) is 107 Å². The van der Waals surface area contributed by atoms with Gasteiger partial charge < -0.3 is 18.9 Å². The minimum Gasteiger partial charge on any atom is -0.465 e. The number of carbonyl (C=O) groups is 4. The van der Waals surface area contributed by atoms with Gasteiger partial charge in [0.25, 0.3) is 0 Å². The highest BCUT2D eigenvalue weighted by molar-refractivity contribution is 6.03. The molecule has 0 unspecified atom stereocenters. The second kappa shape index (κ2) is 27.6. The largest absolute Gasteiger partial charge is 0.465 e. The topological polar surface area (TPSA) is 164 Å². The maximum absolute atomic E-state index is 11.9. The molecule has 46 heavy (non-hydrogen) atoms. The highest BCUT2D eigenvalue weighted by Crippen LogP contribution is 2.13. The van der Waals surface area contributed by atoms with Crippen molar-refractivity contribution in [1.29, 1.82) is 0 Å². The summed E-state index contributed by atoms with van der Waals surface area (Å²) in [4.78, 5) is 72.4. The molecule has 12 nitrogen and oxygen atoms in total. The fourth-order valence-corrected chi connectivity index (χ4v) is 3.50. The number of nitrogens with zero attached hydrogens (tertiary/aromatic N) is 2. The molecule has 0 bridgehead atoms. The maximum atomic E-state index is 11.9. The Kier molecular flexibility index (Phi) is 24.7. The van der Waals surface area contributed by atoms with Crippen molar-refractivity contribution in [2.45, 2.75) is 65.2 Å². The lowest BCUT2D eigenvalue weighted by atomic mass is 10.1. The molecule has 2 rings (SSSR count). The van der Waals surface area contributed by atoms with Crippen molar-refractivity contribution in [3.8, 4) is 0 Å².